The van der Waals surface area contributed by atoms with Crippen LogP contribution in [0.5, 0.6) is 0 Å². The van der Waals surface area contributed by atoms with Crippen molar-refractivity contribution >= 4 is 5.97 Å². The van der Waals surface area contributed by atoms with Crippen LogP contribution in [0.4, 0.5) is 0 Å². The summed E-state index contributed by atoms with van der Waals surface area (Å²) in [7, 11) is 0. The summed E-state index contributed by atoms with van der Waals surface area (Å²) in [4.78, 5) is 12.3. The lowest BCUT2D eigenvalue weighted by Gasteiger charge is -2.27. The van der Waals surface area contributed by atoms with E-state index in [2.05, 4.69) is 24.4 Å². The maximum atomic E-state index is 12.3. The molecule has 1 fully saturated rings. The number of nitrogens with one attached hydrogen (secondary N) is 1. The van der Waals surface area contributed by atoms with E-state index in [0.29, 0.717) is 12.6 Å². The summed E-state index contributed by atoms with van der Waals surface area (Å²) < 4.78 is 5.26. The molecule has 3 nitrogen and oxygen atoms in total. The minimum absolute atomic E-state index is 0.121. The van der Waals surface area contributed by atoms with Gasteiger partial charge in [0.15, 0.2) is 0 Å². The van der Waals surface area contributed by atoms with Gasteiger partial charge in [-0.15, -0.1) is 0 Å². The maximum Gasteiger partial charge on any atom is 0.323 e. The summed E-state index contributed by atoms with van der Waals surface area (Å²) >= 11 is 0. The van der Waals surface area contributed by atoms with Crippen LogP contribution in [0.3, 0.4) is 0 Å². The summed E-state index contributed by atoms with van der Waals surface area (Å²) in [5, 5.41) is 3.52. The van der Waals surface area contributed by atoms with Gasteiger partial charge in [0.1, 0.15) is 6.04 Å². The Morgan fingerprint density at radius 1 is 1.30 bits per heavy atom. The van der Waals surface area contributed by atoms with Gasteiger partial charge in [0, 0.05) is 12.0 Å². The van der Waals surface area contributed by atoms with Gasteiger partial charge in [-0.05, 0) is 25.3 Å². The molecule has 1 N–H and O–H groups in total. The average molecular weight is 275 g/mol. The molecule has 0 amide bonds. The monoisotopic (exact) mass is 275 g/mol. The van der Waals surface area contributed by atoms with Crippen molar-refractivity contribution in [1.29, 1.82) is 0 Å². The predicted molar refractivity (Wildman–Crippen MR) is 80.7 cm³/mol. The fourth-order valence-electron chi connectivity index (χ4n) is 2.94. The van der Waals surface area contributed by atoms with Gasteiger partial charge in [-0.25, -0.2) is 0 Å². The Morgan fingerprint density at radius 2 is 1.95 bits per heavy atom. The smallest absolute Gasteiger partial charge is 0.323 e. The normalized spacial score (nSPS) is 18.7. The van der Waals surface area contributed by atoms with Crippen molar-refractivity contribution < 1.29 is 9.53 Å². The zero-order valence-electron chi connectivity index (χ0n) is 12.5. The minimum atomic E-state index is -0.250. The molecule has 1 aliphatic carbocycles. The van der Waals surface area contributed by atoms with Gasteiger partial charge in [0.2, 0.25) is 0 Å². The molecule has 1 aliphatic rings. The van der Waals surface area contributed by atoms with Crippen LogP contribution < -0.4 is 5.32 Å². The number of hydrogen-bond donors (Lipinski definition) is 1. The van der Waals surface area contributed by atoms with Gasteiger partial charge >= 0.3 is 5.97 Å². The first-order valence-corrected chi connectivity index (χ1v) is 7.70. The molecule has 0 heterocycles. The van der Waals surface area contributed by atoms with E-state index in [9.17, 15) is 4.79 Å². The summed E-state index contributed by atoms with van der Waals surface area (Å²) in [5.41, 5.74) is 1.18. The molecule has 2 rings (SSSR count). The number of rotatable bonds is 6. The average Bonchev–Trinajstić information content (AvgIpc) is 2.98. The van der Waals surface area contributed by atoms with Crippen LogP contribution in [-0.4, -0.2) is 24.7 Å². The molecule has 3 heteroatoms. The highest BCUT2D eigenvalue weighted by atomic mass is 16.5. The Labute approximate surface area is 121 Å². The van der Waals surface area contributed by atoms with Gasteiger partial charge in [-0.2, -0.15) is 0 Å². The first kappa shape index (κ1) is 15.0. The standard InChI is InChI=1S/C17H25NO2/c1-3-20-17(19)16(18-15-11-7-8-12-15)13(2)14-9-5-4-6-10-14/h4-6,9-10,13,15-16,18H,3,7-8,11-12H2,1-2H3. The van der Waals surface area contributed by atoms with Crippen molar-refractivity contribution in [2.75, 3.05) is 6.61 Å². The fraction of sp³-hybridized carbons (Fsp3) is 0.588. The SMILES string of the molecule is CCOC(=O)C(NC1CCCC1)C(C)c1ccccc1. The highest BCUT2D eigenvalue weighted by molar-refractivity contribution is 5.77. The van der Waals surface area contributed by atoms with Crippen molar-refractivity contribution in [3.05, 3.63) is 35.9 Å². The van der Waals surface area contributed by atoms with E-state index in [0.717, 1.165) is 12.8 Å². The molecule has 1 aromatic rings. The van der Waals surface area contributed by atoms with Crippen LogP contribution in [0.25, 0.3) is 0 Å². The largest absolute Gasteiger partial charge is 0.465 e. The molecule has 0 saturated heterocycles. The summed E-state index contributed by atoms with van der Waals surface area (Å²) in [6.07, 6.45) is 4.84. The first-order chi connectivity index (χ1) is 9.72. The Hall–Kier alpha value is -1.35. The Kier molecular flexibility index (Phi) is 5.60. The molecule has 110 valence electrons. The lowest BCUT2D eigenvalue weighted by atomic mass is 9.92. The van der Waals surface area contributed by atoms with Gasteiger partial charge in [0.05, 0.1) is 6.61 Å². The second-order valence-electron chi connectivity index (χ2n) is 5.58. The van der Waals surface area contributed by atoms with Crippen molar-refractivity contribution in [3.63, 3.8) is 0 Å². The topological polar surface area (TPSA) is 38.3 Å². The van der Waals surface area contributed by atoms with Crippen molar-refractivity contribution in [2.24, 2.45) is 0 Å². The second-order valence-corrected chi connectivity index (χ2v) is 5.58. The van der Waals surface area contributed by atoms with E-state index in [1.165, 1.54) is 18.4 Å². The zero-order chi connectivity index (χ0) is 14.4. The molecular weight excluding hydrogens is 250 g/mol. The van der Waals surface area contributed by atoms with E-state index in [-0.39, 0.29) is 17.9 Å². The van der Waals surface area contributed by atoms with Crippen LogP contribution in [0.1, 0.15) is 51.0 Å². The van der Waals surface area contributed by atoms with Crippen molar-refractivity contribution in [1.82, 2.24) is 5.32 Å². The molecule has 0 radical (unpaired) electrons. The Morgan fingerprint density at radius 3 is 2.55 bits per heavy atom. The summed E-state index contributed by atoms with van der Waals surface area (Å²) in [5.74, 6) is -0.00777. The van der Waals surface area contributed by atoms with Gasteiger partial charge in [0.25, 0.3) is 0 Å². The molecule has 1 aromatic carbocycles. The Bertz CT molecular complexity index is 412. The number of benzene rings is 1. The van der Waals surface area contributed by atoms with E-state index in [1.54, 1.807) is 0 Å². The van der Waals surface area contributed by atoms with Gasteiger partial charge in [-0.1, -0.05) is 50.1 Å². The quantitative estimate of drug-likeness (QED) is 0.810. The molecule has 0 aliphatic heterocycles. The third-order valence-electron chi connectivity index (χ3n) is 4.14. The molecule has 0 aromatic heterocycles. The molecule has 2 atom stereocenters. The minimum Gasteiger partial charge on any atom is -0.465 e. The molecule has 2 unspecified atom stereocenters. The van der Waals surface area contributed by atoms with Crippen molar-refractivity contribution in [2.45, 2.75) is 57.5 Å². The molecule has 1 saturated carbocycles. The first-order valence-electron chi connectivity index (χ1n) is 7.70. The fourth-order valence-corrected chi connectivity index (χ4v) is 2.94. The van der Waals surface area contributed by atoms with Crippen LogP contribution in [0, 0.1) is 0 Å². The molecule has 0 spiro atoms. The predicted octanol–water partition coefficient (Wildman–Crippen LogP) is 3.25. The van der Waals surface area contributed by atoms with Crippen LogP contribution in [-0.2, 0) is 9.53 Å². The highest BCUT2D eigenvalue weighted by Gasteiger charge is 2.30. The van der Waals surface area contributed by atoms with Gasteiger partial charge < -0.3 is 10.1 Å². The number of hydrogen-bond acceptors (Lipinski definition) is 3. The summed E-state index contributed by atoms with van der Waals surface area (Å²) in [6.45, 7) is 4.39. The molecule has 20 heavy (non-hydrogen) atoms. The van der Waals surface area contributed by atoms with Gasteiger partial charge in [-0.3, -0.25) is 4.79 Å². The Balaban J connectivity index is 2.10. The van der Waals surface area contributed by atoms with E-state index in [4.69, 9.17) is 4.74 Å². The lowest BCUT2D eigenvalue weighted by molar-refractivity contribution is -0.146. The number of carbonyl (C=O) groups is 1. The van der Waals surface area contributed by atoms with Crippen LogP contribution in [0.2, 0.25) is 0 Å². The zero-order valence-corrected chi connectivity index (χ0v) is 12.5. The second kappa shape index (κ2) is 7.44. The lowest BCUT2D eigenvalue weighted by Crippen LogP contribution is -2.46. The van der Waals surface area contributed by atoms with E-state index in [1.807, 2.05) is 25.1 Å². The van der Waals surface area contributed by atoms with Crippen LogP contribution >= 0.6 is 0 Å². The molecular formula is C17H25NO2. The third-order valence-corrected chi connectivity index (χ3v) is 4.14. The third kappa shape index (κ3) is 3.83. The number of ether oxygens (including phenoxy) is 1. The van der Waals surface area contributed by atoms with E-state index < -0.39 is 0 Å². The summed E-state index contributed by atoms with van der Waals surface area (Å²) in [6, 6.07) is 10.4. The van der Waals surface area contributed by atoms with E-state index >= 15 is 0 Å². The maximum absolute atomic E-state index is 12.3. The number of esters is 1. The highest BCUT2D eigenvalue weighted by Crippen LogP contribution is 2.24. The van der Waals surface area contributed by atoms with Crippen LogP contribution in [0.15, 0.2) is 30.3 Å². The number of carbonyl (C=O) groups excluding carboxylic acids is 1. The van der Waals surface area contributed by atoms with Crippen molar-refractivity contribution in [3.8, 4) is 0 Å². The molecule has 0 bridgehead atoms.